The first-order valence-electron chi connectivity index (χ1n) is 7.70. The Balaban J connectivity index is 1.35. The van der Waals surface area contributed by atoms with Crippen LogP contribution in [0.1, 0.15) is 15.9 Å². The summed E-state index contributed by atoms with van der Waals surface area (Å²) in [6.07, 6.45) is 0. The first kappa shape index (κ1) is 16.8. The minimum absolute atomic E-state index is 0.226. The molecule has 0 radical (unpaired) electrons. The van der Waals surface area contributed by atoms with Crippen molar-refractivity contribution in [2.45, 2.75) is 6.54 Å². The van der Waals surface area contributed by atoms with Crippen molar-refractivity contribution in [3.05, 3.63) is 58.1 Å². The number of fused-ring (bicyclic) bond motifs is 1. The first-order valence-corrected chi connectivity index (χ1v) is 9.31. The Hall–Kier alpha value is -2.65. The number of nitrogens with zero attached hydrogens (tertiary/aromatic N) is 2. The standard InChI is InChI=1S/C17H13BrN4O3S/c18-12-4-2-11(3-5-12)15(23)20-17-22-21-16(26-17)19-8-10-1-6-13-14(7-10)25-9-24-13/h1-7H,8-9H2,(H,19,21)(H,20,22,23). The molecule has 4 rings (SSSR count). The normalized spacial score (nSPS) is 12.0. The summed E-state index contributed by atoms with van der Waals surface area (Å²) in [7, 11) is 0. The maximum atomic E-state index is 12.2. The van der Waals surface area contributed by atoms with E-state index in [4.69, 9.17) is 9.47 Å². The van der Waals surface area contributed by atoms with Gasteiger partial charge < -0.3 is 14.8 Å². The quantitative estimate of drug-likeness (QED) is 0.635. The molecule has 132 valence electrons. The van der Waals surface area contributed by atoms with E-state index in [2.05, 4.69) is 36.8 Å². The number of nitrogens with one attached hydrogen (secondary N) is 2. The second kappa shape index (κ2) is 7.30. The van der Waals surface area contributed by atoms with Crippen LogP contribution >= 0.6 is 27.3 Å². The van der Waals surface area contributed by atoms with Crippen LogP contribution in [-0.4, -0.2) is 22.9 Å². The van der Waals surface area contributed by atoms with E-state index >= 15 is 0 Å². The Bertz CT molecular complexity index is 945. The highest BCUT2D eigenvalue weighted by Crippen LogP contribution is 2.32. The van der Waals surface area contributed by atoms with Gasteiger partial charge in [0, 0.05) is 16.6 Å². The van der Waals surface area contributed by atoms with Crippen molar-refractivity contribution in [2.75, 3.05) is 17.4 Å². The molecular formula is C17H13BrN4O3S. The van der Waals surface area contributed by atoms with Crippen molar-refractivity contribution in [2.24, 2.45) is 0 Å². The lowest BCUT2D eigenvalue weighted by Crippen LogP contribution is -2.11. The number of hydrogen-bond donors (Lipinski definition) is 2. The number of anilines is 2. The van der Waals surface area contributed by atoms with E-state index in [1.165, 1.54) is 11.3 Å². The Morgan fingerprint density at radius 2 is 1.85 bits per heavy atom. The molecule has 2 aromatic carbocycles. The van der Waals surface area contributed by atoms with Crippen molar-refractivity contribution in [1.29, 1.82) is 0 Å². The first-order chi connectivity index (χ1) is 12.7. The summed E-state index contributed by atoms with van der Waals surface area (Å²) in [5, 5.41) is 15.0. The number of carbonyl (C=O) groups is 1. The maximum absolute atomic E-state index is 12.2. The zero-order valence-electron chi connectivity index (χ0n) is 13.4. The van der Waals surface area contributed by atoms with Gasteiger partial charge in [0.05, 0.1) is 0 Å². The molecule has 0 saturated heterocycles. The lowest BCUT2D eigenvalue weighted by molar-refractivity contribution is 0.102. The van der Waals surface area contributed by atoms with Crippen LogP contribution in [0.15, 0.2) is 46.9 Å². The van der Waals surface area contributed by atoms with E-state index in [0.717, 1.165) is 21.5 Å². The number of aromatic nitrogens is 2. The summed E-state index contributed by atoms with van der Waals surface area (Å²) in [4.78, 5) is 12.2. The number of ether oxygens (including phenoxy) is 2. The highest BCUT2D eigenvalue weighted by atomic mass is 79.9. The second-order valence-corrected chi connectivity index (χ2v) is 7.31. The molecular weight excluding hydrogens is 420 g/mol. The predicted molar refractivity (Wildman–Crippen MR) is 102 cm³/mol. The molecule has 9 heteroatoms. The largest absolute Gasteiger partial charge is 0.454 e. The van der Waals surface area contributed by atoms with Gasteiger partial charge in [0.1, 0.15) is 0 Å². The molecule has 3 aromatic rings. The molecule has 1 aliphatic rings. The Kier molecular flexibility index (Phi) is 4.72. The Morgan fingerprint density at radius 1 is 1.08 bits per heavy atom. The third-order valence-electron chi connectivity index (χ3n) is 3.63. The summed E-state index contributed by atoms with van der Waals surface area (Å²) < 4.78 is 11.6. The monoisotopic (exact) mass is 432 g/mol. The Morgan fingerprint density at radius 3 is 2.69 bits per heavy atom. The molecule has 0 bridgehead atoms. The molecule has 0 spiro atoms. The molecule has 2 N–H and O–H groups in total. The molecule has 2 heterocycles. The van der Waals surface area contributed by atoms with E-state index in [1.807, 2.05) is 30.3 Å². The maximum Gasteiger partial charge on any atom is 0.257 e. The fourth-order valence-corrected chi connectivity index (χ4v) is 3.24. The van der Waals surface area contributed by atoms with Crippen molar-refractivity contribution in [3.63, 3.8) is 0 Å². The number of amides is 1. The molecule has 1 aromatic heterocycles. The van der Waals surface area contributed by atoms with Gasteiger partial charge in [0.2, 0.25) is 17.1 Å². The van der Waals surface area contributed by atoms with Crippen LogP contribution in [0.25, 0.3) is 0 Å². The topological polar surface area (TPSA) is 85.4 Å². The molecule has 1 aliphatic heterocycles. The van der Waals surface area contributed by atoms with Crippen LogP contribution in [0.3, 0.4) is 0 Å². The number of rotatable bonds is 5. The second-order valence-electron chi connectivity index (χ2n) is 5.41. The van der Waals surface area contributed by atoms with Crippen molar-refractivity contribution in [3.8, 4) is 11.5 Å². The minimum atomic E-state index is -0.226. The molecule has 0 unspecified atom stereocenters. The lowest BCUT2D eigenvalue weighted by atomic mass is 10.2. The fourth-order valence-electron chi connectivity index (χ4n) is 2.34. The van der Waals surface area contributed by atoms with E-state index in [-0.39, 0.29) is 12.7 Å². The number of hydrogen-bond acceptors (Lipinski definition) is 7. The molecule has 26 heavy (non-hydrogen) atoms. The fraction of sp³-hybridized carbons (Fsp3) is 0.118. The molecule has 0 aliphatic carbocycles. The van der Waals surface area contributed by atoms with Crippen molar-refractivity contribution in [1.82, 2.24) is 10.2 Å². The third-order valence-corrected chi connectivity index (χ3v) is 4.96. The molecule has 1 amide bonds. The van der Waals surface area contributed by atoms with E-state index in [9.17, 15) is 4.79 Å². The van der Waals surface area contributed by atoms with Gasteiger partial charge in [0.15, 0.2) is 11.5 Å². The van der Waals surface area contributed by atoms with Crippen LogP contribution in [-0.2, 0) is 6.54 Å². The van der Waals surface area contributed by atoms with Gasteiger partial charge in [-0.05, 0) is 42.0 Å². The number of benzene rings is 2. The van der Waals surface area contributed by atoms with Gasteiger partial charge in [-0.15, -0.1) is 10.2 Å². The van der Waals surface area contributed by atoms with Crippen LogP contribution < -0.4 is 20.1 Å². The molecule has 0 atom stereocenters. The van der Waals surface area contributed by atoms with Gasteiger partial charge in [-0.25, -0.2) is 0 Å². The van der Waals surface area contributed by atoms with E-state index in [0.29, 0.717) is 22.4 Å². The van der Waals surface area contributed by atoms with Crippen LogP contribution in [0.4, 0.5) is 10.3 Å². The molecule has 0 fully saturated rings. The minimum Gasteiger partial charge on any atom is -0.454 e. The summed E-state index contributed by atoms with van der Waals surface area (Å²) in [5.74, 6) is 1.27. The zero-order valence-corrected chi connectivity index (χ0v) is 15.8. The van der Waals surface area contributed by atoms with Crippen molar-refractivity contribution < 1.29 is 14.3 Å². The Labute approximate surface area is 161 Å². The summed E-state index contributed by atoms with van der Waals surface area (Å²) in [5.41, 5.74) is 1.59. The third kappa shape index (κ3) is 3.78. The van der Waals surface area contributed by atoms with Crippen LogP contribution in [0, 0.1) is 0 Å². The van der Waals surface area contributed by atoms with Gasteiger partial charge in [0.25, 0.3) is 5.91 Å². The molecule has 0 saturated carbocycles. The highest BCUT2D eigenvalue weighted by Gasteiger charge is 2.14. The van der Waals surface area contributed by atoms with Crippen LogP contribution in [0.2, 0.25) is 0 Å². The smallest absolute Gasteiger partial charge is 0.257 e. The van der Waals surface area contributed by atoms with E-state index in [1.54, 1.807) is 12.1 Å². The van der Waals surface area contributed by atoms with Gasteiger partial charge in [-0.1, -0.05) is 33.3 Å². The highest BCUT2D eigenvalue weighted by molar-refractivity contribution is 9.10. The van der Waals surface area contributed by atoms with Gasteiger partial charge >= 0.3 is 0 Å². The van der Waals surface area contributed by atoms with Gasteiger partial charge in [-0.2, -0.15) is 0 Å². The summed E-state index contributed by atoms with van der Waals surface area (Å²) in [6, 6.07) is 12.9. The summed E-state index contributed by atoms with van der Waals surface area (Å²) in [6.45, 7) is 0.815. The molecule has 7 nitrogen and oxygen atoms in total. The van der Waals surface area contributed by atoms with Gasteiger partial charge in [-0.3, -0.25) is 10.1 Å². The average Bonchev–Trinajstić information content (AvgIpc) is 3.29. The summed E-state index contributed by atoms with van der Waals surface area (Å²) >= 11 is 4.62. The zero-order chi connectivity index (χ0) is 17.9. The van der Waals surface area contributed by atoms with Crippen LogP contribution in [0.5, 0.6) is 11.5 Å². The predicted octanol–water partition coefficient (Wildman–Crippen LogP) is 3.89. The van der Waals surface area contributed by atoms with Crippen molar-refractivity contribution >= 4 is 43.4 Å². The SMILES string of the molecule is O=C(Nc1nnc(NCc2ccc3c(c2)OCO3)s1)c1ccc(Br)cc1. The number of carbonyl (C=O) groups excluding carboxylic acids is 1. The van der Waals surface area contributed by atoms with E-state index < -0.39 is 0 Å². The number of halogens is 1. The lowest BCUT2D eigenvalue weighted by Gasteiger charge is -2.03. The average molecular weight is 433 g/mol.